The predicted octanol–water partition coefficient (Wildman–Crippen LogP) is 1.60. The second-order valence-corrected chi connectivity index (χ2v) is 6.56. The molecule has 1 aromatic rings. The number of nitrogens with zero attached hydrogens (tertiary/aromatic N) is 3. The molecule has 7 nitrogen and oxygen atoms in total. The first-order chi connectivity index (χ1) is 11.0. The molecule has 3 N–H and O–H groups in total. The van der Waals surface area contributed by atoms with Crippen molar-refractivity contribution in [3.05, 3.63) is 12.4 Å². The van der Waals surface area contributed by atoms with Crippen molar-refractivity contribution in [3.63, 3.8) is 0 Å². The summed E-state index contributed by atoms with van der Waals surface area (Å²) in [6.45, 7) is 5.82. The van der Waals surface area contributed by atoms with Crippen molar-refractivity contribution in [2.24, 2.45) is 11.8 Å². The number of aliphatic carboxylic acids is 1. The van der Waals surface area contributed by atoms with Crippen molar-refractivity contribution in [2.75, 3.05) is 29.9 Å². The highest BCUT2D eigenvalue weighted by Crippen LogP contribution is 2.23. The smallest absolute Gasteiger partial charge is 0.326 e. The van der Waals surface area contributed by atoms with Crippen LogP contribution in [-0.2, 0) is 4.79 Å². The summed E-state index contributed by atoms with van der Waals surface area (Å²) in [5, 5.41) is 21.6. The average Bonchev–Trinajstić information content (AvgIpc) is 2.54. The maximum absolute atomic E-state index is 11.4. The van der Waals surface area contributed by atoms with Crippen LogP contribution in [0.2, 0.25) is 0 Å². The fraction of sp³-hybridized carbons (Fsp3) is 0.688. The van der Waals surface area contributed by atoms with Crippen LogP contribution < -0.4 is 10.2 Å². The molecule has 2 unspecified atom stereocenters. The summed E-state index contributed by atoms with van der Waals surface area (Å²) in [5.41, 5.74) is 0. The van der Waals surface area contributed by atoms with Crippen molar-refractivity contribution in [1.29, 1.82) is 0 Å². The molecule has 1 aliphatic rings. The highest BCUT2D eigenvalue weighted by atomic mass is 16.4. The maximum Gasteiger partial charge on any atom is 0.326 e. The highest BCUT2D eigenvalue weighted by Gasteiger charge is 2.22. The molecule has 1 aliphatic heterocycles. The lowest BCUT2D eigenvalue weighted by atomic mass is 9.99. The molecule has 1 saturated heterocycles. The van der Waals surface area contributed by atoms with Gasteiger partial charge in [0.05, 0.1) is 0 Å². The van der Waals surface area contributed by atoms with Gasteiger partial charge in [0.25, 0.3) is 0 Å². The Hall–Kier alpha value is -1.89. The van der Waals surface area contributed by atoms with E-state index in [4.69, 9.17) is 0 Å². The minimum absolute atomic E-state index is 0.183. The summed E-state index contributed by atoms with van der Waals surface area (Å²) in [4.78, 5) is 21.9. The molecular weight excluding hydrogens is 296 g/mol. The summed E-state index contributed by atoms with van der Waals surface area (Å²) in [5.74, 6) is 0.959. The van der Waals surface area contributed by atoms with E-state index in [9.17, 15) is 15.0 Å². The first-order valence-corrected chi connectivity index (χ1v) is 8.16. The van der Waals surface area contributed by atoms with Gasteiger partial charge in [-0.05, 0) is 31.1 Å². The maximum atomic E-state index is 11.4. The van der Waals surface area contributed by atoms with Crippen LogP contribution in [0.15, 0.2) is 12.4 Å². The molecular formula is C16H26N4O3. The van der Waals surface area contributed by atoms with E-state index >= 15 is 0 Å². The predicted molar refractivity (Wildman–Crippen MR) is 88.6 cm³/mol. The van der Waals surface area contributed by atoms with Gasteiger partial charge in [0.15, 0.2) is 0 Å². The summed E-state index contributed by atoms with van der Waals surface area (Å²) in [6, 6.07) is 1.13. The zero-order chi connectivity index (χ0) is 16.8. The van der Waals surface area contributed by atoms with Crippen LogP contribution >= 0.6 is 0 Å². The molecule has 0 amide bonds. The molecule has 23 heavy (non-hydrogen) atoms. The fourth-order valence-corrected chi connectivity index (χ4v) is 2.89. The number of aromatic nitrogens is 2. The second-order valence-electron chi connectivity index (χ2n) is 6.56. The average molecular weight is 322 g/mol. The van der Waals surface area contributed by atoms with E-state index in [0.29, 0.717) is 12.2 Å². The highest BCUT2D eigenvalue weighted by molar-refractivity contribution is 5.77. The molecule has 0 radical (unpaired) electrons. The monoisotopic (exact) mass is 322 g/mol. The zero-order valence-corrected chi connectivity index (χ0v) is 13.8. The van der Waals surface area contributed by atoms with Crippen molar-refractivity contribution < 1.29 is 15.0 Å². The lowest BCUT2D eigenvalue weighted by Gasteiger charge is -2.32. The van der Waals surface area contributed by atoms with Crippen molar-refractivity contribution in [3.8, 4) is 0 Å². The van der Waals surface area contributed by atoms with E-state index in [0.717, 1.165) is 31.7 Å². The molecule has 1 aromatic heterocycles. The van der Waals surface area contributed by atoms with Gasteiger partial charge in [-0.3, -0.25) is 0 Å². The van der Waals surface area contributed by atoms with E-state index in [1.54, 1.807) is 6.07 Å². The summed E-state index contributed by atoms with van der Waals surface area (Å²) in [7, 11) is 0. The van der Waals surface area contributed by atoms with Crippen LogP contribution in [-0.4, -0.2) is 51.9 Å². The number of hydrogen-bond acceptors (Lipinski definition) is 6. The lowest BCUT2D eigenvalue weighted by Crippen LogP contribution is -2.37. The number of aliphatic hydroxyl groups excluding tert-OH is 1. The minimum atomic E-state index is -0.878. The Labute approximate surface area is 136 Å². The molecule has 0 bridgehead atoms. The number of carboxylic acids is 1. The summed E-state index contributed by atoms with van der Waals surface area (Å²) in [6.07, 6.45) is 4.03. The van der Waals surface area contributed by atoms with Gasteiger partial charge in [-0.2, -0.15) is 0 Å². The second kappa shape index (κ2) is 8.10. The quantitative estimate of drug-likeness (QED) is 0.701. The van der Waals surface area contributed by atoms with Gasteiger partial charge in [0.2, 0.25) is 0 Å². The van der Waals surface area contributed by atoms with Gasteiger partial charge in [0.1, 0.15) is 24.0 Å². The van der Waals surface area contributed by atoms with Gasteiger partial charge in [-0.25, -0.2) is 14.8 Å². The molecule has 0 aromatic carbocycles. The number of carboxylic acid groups (broad SMARTS) is 1. The van der Waals surface area contributed by atoms with E-state index in [-0.39, 0.29) is 18.4 Å². The Balaban J connectivity index is 2.08. The third-order valence-corrected chi connectivity index (χ3v) is 4.08. The SMILES string of the molecule is CC(C)CC(Nc1cc(N2CCCC(CO)C2)ncn1)C(=O)O. The van der Waals surface area contributed by atoms with E-state index in [2.05, 4.69) is 20.2 Å². The van der Waals surface area contributed by atoms with E-state index < -0.39 is 12.0 Å². The molecule has 2 heterocycles. The normalized spacial score (nSPS) is 19.7. The van der Waals surface area contributed by atoms with Gasteiger partial charge in [-0.1, -0.05) is 13.8 Å². The third kappa shape index (κ3) is 5.06. The number of hydrogen-bond donors (Lipinski definition) is 3. The molecule has 0 spiro atoms. The topological polar surface area (TPSA) is 98.6 Å². The number of nitrogens with one attached hydrogen (secondary N) is 1. The number of aliphatic hydroxyl groups is 1. The molecule has 0 aliphatic carbocycles. The molecule has 0 saturated carbocycles. The molecule has 128 valence electrons. The Bertz CT molecular complexity index is 524. The van der Waals surface area contributed by atoms with E-state index in [1.165, 1.54) is 6.33 Å². The number of anilines is 2. The fourth-order valence-electron chi connectivity index (χ4n) is 2.89. The first-order valence-electron chi connectivity index (χ1n) is 8.16. The molecule has 1 fully saturated rings. The molecule has 2 atom stereocenters. The Morgan fingerprint density at radius 1 is 1.48 bits per heavy atom. The number of piperidine rings is 1. The minimum Gasteiger partial charge on any atom is -0.480 e. The standard InChI is InChI=1S/C16H26N4O3/c1-11(2)6-13(16(22)23)19-14-7-15(18-10-17-14)20-5-3-4-12(8-20)9-21/h7,10-13,21H,3-6,8-9H2,1-2H3,(H,22,23)(H,17,18,19). The number of rotatable bonds is 7. The Kier molecular flexibility index (Phi) is 6.15. The molecule has 7 heteroatoms. The summed E-state index contributed by atoms with van der Waals surface area (Å²) < 4.78 is 0. The van der Waals surface area contributed by atoms with Gasteiger partial charge in [-0.15, -0.1) is 0 Å². The Morgan fingerprint density at radius 2 is 2.26 bits per heavy atom. The molecule has 2 rings (SSSR count). The van der Waals surface area contributed by atoms with Crippen LogP contribution in [0.4, 0.5) is 11.6 Å². The number of carbonyl (C=O) groups is 1. The first kappa shape index (κ1) is 17.5. The van der Waals surface area contributed by atoms with E-state index in [1.807, 2.05) is 13.8 Å². The lowest BCUT2D eigenvalue weighted by molar-refractivity contribution is -0.138. The van der Waals surface area contributed by atoms with Crippen LogP contribution in [0.5, 0.6) is 0 Å². The van der Waals surface area contributed by atoms with Gasteiger partial charge < -0.3 is 20.4 Å². The van der Waals surface area contributed by atoms with Crippen molar-refractivity contribution in [1.82, 2.24) is 9.97 Å². The van der Waals surface area contributed by atoms with Gasteiger partial charge >= 0.3 is 5.97 Å². The third-order valence-electron chi connectivity index (χ3n) is 4.08. The van der Waals surface area contributed by atoms with Crippen LogP contribution in [0.1, 0.15) is 33.1 Å². The van der Waals surface area contributed by atoms with Crippen LogP contribution in [0.3, 0.4) is 0 Å². The van der Waals surface area contributed by atoms with Crippen LogP contribution in [0, 0.1) is 11.8 Å². The van der Waals surface area contributed by atoms with Crippen LogP contribution in [0.25, 0.3) is 0 Å². The van der Waals surface area contributed by atoms with Crippen molar-refractivity contribution in [2.45, 2.75) is 39.2 Å². The van der Waals surface area contributed by atoms with Gasteiger partial charge in [0, 0.05) is 25.8 Å². The largest absolute Gasteiger partial charge is 0.480 e. The summed E-state index contributed by atoms with van der Waals surface area (Å²) >= 11 is 0. The Morgan fingerprint density at radius 3 is 2.91 bits per heavy atom. The van der Waals surface area contributed by atoms with Crippen molar-refractivity contribution >= 4 is 17.6 Å². The zero-order valence-electron chi connectivity index (χ0n) is 13.8.